The number of hydrogen-bond donors (Lipinski definition) is 1. The SMILES string of the molecule is CN1CC=C(c2cccn3nc(Nc4ccc(C(=O)N(C)C5CCN(C)CC5)cc4)nc23)CC1. The van der Waals surface area contributed by atoms with Crippen molar-refractivity contribution in [2.45, 2.75) is 25.3 Å². The number of rotatable bonds is 5. The fourth-order valence-corrected chi connectivity index (χ4v) is 4.80. The van der Waals surface area contributed by atoms with Crippen LogP contribution < -0.4 is 5.32 Å². The molecule has 5 rings (SSSR count). The first-order valence-electron chi connectivity index (χ1n) is 12.0. The molecule has 4 heterocycles. The Hall–Kier alpha value is -3.23. The number of carbonyl (C=O) groups is 1. The number of anilines is 2. The number of likely N-dealkylation sites (N-methyl/N-ethyl adjacent to an activating group) is 1. The van der Waals surface area contributed by atoms with Gasteiger partial charge in [0.15, 0.2) is 5.65 Å². The first kappa shape index (κ1) is 22.6. The number of nitrogens with one attached hydrogen (secondary N) is 1. The summed E-state index contributed by atoms with van der Waals surface area (Å²) in [5.74, 6) is 0.617. The summed E-state index contributed by atoms with van der Waals surface area (Å²) < 4.78 is 1.82. The van der Waals surface area contributed by atoms with Crippen molar-refractivity contribution in [2.24, 2.45) is 0 Å². The van der Waals surface area contributed by atoms with E-state index in [9.17, 15) is 4.79 Å². The topological polar surface area (TPSA) is 69.0 Å². The molecule has 1 N–H and O–H groups in total. The average molecular weight is 460 g/mol. The third-order valence-corrected chi connectivity index (χ3v) is 7.06. The number of hydrogen-bond acceptors (Lipinski definition) is 6. The minimum atomic E-state index is 0.0722. The smallest absolute Gasteiger partial charge is 0.253 e. The van der Waals surface area contributed by atoms with Gasteiger partial charge in [-0.3, -0.25) is 4.79 Å². The van der Waals surface area contributed by atoms with Gasteiger partial charge in [0.2, 0.25) is 5.95 Å². The van der Waals surface area contributed by atoms with E-state index in [1.165, 1.54) is 5.57 Å². The Balaban J connectivity index is 1.29. The minimum Gasteiger partial charge on any atom is -0.339 e. The highest BCUT2D eigenvalue weighted by molar-refractivity contribution is 5.94. The summed E-state index contributed by atoms with van der Waals surface area (Å²) in [7, 11) is 6.19. The second-order valence-electron chi connectivity index (χ2n) is 9.52. The molecule has 0 aliphatic carbocycles. The summed E-state index contributed by atoms with van der Waals surface area (Å²) in [5, 5.41) is 7.90. The number of pyridine rings is 1. The number of amides is 1. The van der Waals surface area contributed by atoms with Crippen LogP contribution in [0.2, 0.25) is 0 Å². The summed E-state index contributed by atoms with van der Waals surface area (Å²) in [4.78, 5) is 24.3. The number of fused-ring (bicyclic) bond motifs is 1. The van der Waals surface area contributed by atoms with Crippen molar-refractivity contribution in [1.82, 2.24) is 29.3 Å². The molecule has 0 spiro atoms. The lowest BCUT2D eigenvalue weighted by molar-refractivity contribution is 0.0659. The molecule has 1 aromatic carbocycles. The van der Waals surface area contributed by atoms with E-state index < -0.39 is 0 Å². The normalized spacial score (nSPS) is 18.1. The van der Waals surface area contributed by atoms with Gasteiger partial charge >= 0.3 is 0 Å². The second kappa shape index (κ2) is 9.56. The van der Waals surface area contributed by atoms with Gasteiger partial charge in [0.05, 0.1) is 0 Å². The van der Waals surface area contributed by atoms with Gasteiger partial charge in [-0.1, -0.05) is 6.08 Å². The van der Waals surface area contributed by atoms with E-state index in [1.807, 2.05) is 53.0 Å². The van der Waals surface area contributed by atoms with Gasteiger partial charge in [-0.2, -0.15) is 4.98 Å². The van der Waals surface area contributed by atoms with Crippen molar-refractivity contribution >= 4 is 28.8 Å². The molecular weight excluding hydrogens is 426 g/mol. The van der Waals surface area contributed by atoms with E-state index in [0.29, 0.717) is 17.6 Å². The molecule has 0 bridgehead atoms. The molecule has 178 valence electrons. The first-order valence-corrected chi connectivity index (χ1v) is 12.0. The number of benzene rings is 1. The predicted octanol–water partition coefficient (Wildman–Crippen LogP) is 3.36. The minimum absolute atomic E-state index is 0.0722. The van der Waals surface area contributed by atoms with Crippen molar-refractivity contribution in [3.63, 3.8) is 0 Å². The largest absolute Gasteiger partial charge is 0.339 e. The number of carbonyl (C=O) groups excluding carboxylic acids is 1. The number of piperidine rings is 1. The summed E-state index contributed by atoms with van der Waals surface area (Å²) in [5.41, 5.74) is 4.86. The molecule has 0 saturated carbocycles. The Morgan fingerprint density at radius 3 is 2.53 bits per heavy atom. The zero-order valence-electron chi connectivity index (χ0n) is 20.2. The third kappa shape index (κ3) is 4.69. The van der Waals surface area contributed by atoms with Crippen LogP contribution in [0.1, 0.15) is 35.2 Å². The highest BCUT2D eigenvalue weighted by atomic mass is 16.2. The number of aromatic nitrogens is 3. The van der Waals surface area contributed by atoms with Crippen LogP contribution in [0.3, 0.4) is 0 Å². The highest BCUT2D eigenvalue weighted by Gasteiger charge is 2.24. The van der Waals surface area contributed by atoms with Crippen LogP contribution in [0.25, 0.3) is 11.2 Å². The lowest BCUT2D eigenvalue weighted by Gasteiger charge is -2.35. The Kier molecular flexibility index (Phi) is 6.34. The van der Waals surface area contributed by atoms with E-state index in [4.69, 9.17) is 4.98 Å². The van der Waals surface area contributed by atoms with Crippen LogP contribution in [0.5, 0.6) is 0 Å². The maximum absolute atomic E-state index is 13.0. The quantitative estimate of drug-likeness (QED) is 0.631. The van der Waals surface area contributed by atoms with E-state index in [0.717, 1.165) is 62.3 Å². The van der Waals surface area contributed by atoms with Gasteiger partial charge < -0.3 is 20.0 Å². The van der Waals surface area contributed by atoms with Crippen LogP contribution in [-0.2, 0) is 0 Å². The number of likely N-dealkylation sites (tertiary alicyclic amines) is 1. The van der Waals surface area contributed by atoms with E-state index in [-0.39, 0.29) is 5.91 Å². The maximum atomic E-state index is 13.0. The van der Waals surface area contributed by atoms with Crippen LogP contribution in [0.15, 0.2) is 48.7 Å². The maximum Gasteiger partial charge on any atom is 0.253 e. The molecule has 1 fully saturated rings. The monoisotopic (exact) mass is 459 g/mol. The van der Waals surface area contributed by atoms with Gasteiger partial charge in [-0.05, 0) is 88.4 Å². The molecule has 1 amide bonds. The Labute approximate surface area is 200 Å². The molecule has 0 radical (unpaired) electrons. The van der Waals surface area contributed by atoms with Gasteiger partial charge in [0.25, 0.3) is 5.91 Å². The van der Waals surface area contributed by atoms with Crippen LogP contribution in [0.4, 0.5) is 11.6 Å². The Morgan fingerprint density at radius 1 is 1.06 bits per heavy atom. The van der Waals surface area contributed by atoms with Crippen molar-refractivity contribution in [2.75, 3.05) is 52.6 Å². The van der Waals surface area contributed by atoms with Crippen molar-refractivity contribution in [3.8, 4) is 0 Å². The van der Waals surface area contributed by atoms with Gasteiger partial charge in [0.1, 0.15) is 0 Å². The van der Waals surface area contributed by atoms with E-state index >= 15 is 0 Å². The van der Waals surface area contributed by atoms with Crippen LogP contribution >= 0.6 is 0 Å². The van der Waals surface area contributed by atoms with E-state index in [2.05, 4.69) is 46.5 Å². The van der Waals surface area contributed by atoms with E-state index in [1.54, 1.807) is 0 Å². The van der Waals surface area contributed by atoms with Gasteiger partial charge in [0, 0.05) is 49.2 Å². The summed E-state index contributed by atoms with van der Waals surface area (Å²) in [6, 6.07) is 12.0. The molecule has 34 heavy (non-hydrogen) atoms. The highest BCUT2D eigenvalue weighted by Crippen LogP contribution is 2.26. The molecule has 0 unspecified atom stereocenters. The molecule has 0 atom stereocenters. The van der Waals surface area contributed by atoms with Crippen molar-refractivity contribution in [3.05, 3.63) is 59.8 Å². The molecule has 3 aromatic rings. The standard InChI is InChI=1S/C26H33N7O/c1-30-15-10-19(11-16-30)23-5-4-14-33-24(23)28-26(29-33)27-21-8-6-20(7-9-21)25(34)32(3)22-12-17-31(2)18-13-22/h4-10,14,22H,11-13,15-18H2,1-3H3,(H,27,29). The molecule has 1 saturated heterocycles. The predicted molar refractivity (Wildman–Crippen MR) is 135 cm³/mol. The first-order chi connectivity index (χ1) is 16.5. The molecule has 2 aliphatic heterocycles. The molecule has 8 nitrogen and oxygen atoms in total. The van der Waals surface area contributed by atoms with Crippen LogP contribution in [0, 0.1) is 0 Å². The second-order valence-corrected chi connectivity index (χ2v) is 9.52. The average Bonchev–Trinajstić information content (AvgIpc) is 3.27. The summed E-state index contributed by atoms with van der Waals surface area (Å²) in [6.45, 7) is 4.07. The third-order valence-electron chi connectivity index (χ3n) is 7.06. The number of nitrogens with zero attached hydrogens (tertiary/aromatic N) is 6. The zero-order chi connectivity index (χ0) is 23.7. The van der Waals surface area contributed by atoms with Crippen molar-refractivity contribution in [1.29, 1.82) is 0 Å². The fraction of sp³-hybridized carbons (Fsp3) is 0.423. The molecule has 8 heteroatoms. The Morgan fingerprint density at radius 2 is 1.82 bits per heavy atom. The Bertz CT molecular complexity index is 1190. The lowest BCUT2D eigenvalue weighted by atomic mass is 10.0. The summed E-state index contributed by atoms with van der Waals surface area (Å²) >= 11 is 0. The molecule has 2 aromatic heterocycles. The lowest BCUT2D eigenvalue weighted by Crippen LogP contribution is -2.44. The molecular formula is C26H33N7O. The van der Waals surface area contributed by atoms with Crippen LogP contribution in [-0.4, -0.2) is 88.6 Å². The summed E-state index contributed by atoms with van der Waals surface area (Å²) in [6.07, 6.45) is 7.25. The molecule has 2 aliphatic rings. The van der Waals surface area contributed by atoms with Gasteiger partial charge in [-0.15, -0.1) is 5.10 Å². The fourth-order valence-electron chi connectivity index (χ4n) is 4.80. The zero-order valence-corrected chi connectivity index (χ0v) is 20.2. The van der Waals surface area contributed by atoms with Gasteiger partial charge in [-0.25, -0.2) is 4.52 Å². The van der Waals surface area contributed by atoms with Crippen molar-refractivity contribution < 1.29 is 4.79 Å².